The van der Waals surface area contributed by atoms with Crippen molar-refractivity contribution >= 4 is 29.5 Å². The number of ether oxygens (including phenoxy) is 1. The Morgan fingerprint density at radius 1 is 0.971 bits per heavy atom. The highest BCUT2D eigenvalue weighted by Crippen LogP contribution is 2.34. The number of aromatic nitrogens is 3. The van der Waals surface area contributed by atoms with Crippen molar-refractivity contribution < 1.29 is 14.3 Å². The van der Waals surface area contributed by atoms with E-state index < -0.39 is 5.78 Å². The molecule has 2 aromatic carbocycles. The Labute approximate surface area is 203 Å². The van der Waals surface area contributed by atoms with Crippen molar-refractivity contribution in [1.82, 2.24) is 14.6 Å². The molecule has 5 rings (SSSR count). The molecule has 0 amide bonds. The second kappa shape index (κ2) is 11.6. The molecule has 0 atom stereocenters. The van der Waals surface area contributed by atoms with Crippen molar-refractivity contribution in [2.75, 3.05) is 7.11 Å². The summed E-state index contributed by atoms with van der Waals surface area (Å²) in [4.78, 5) is 25.3. The lowest BCUT2D eigenvalue weighted by molar-refractivity contribution is -0.104. The summed E-state index contributed by atoms with van der Waals surface area (Å²) < 4.78 is 7.45. The van der Waals surface area contributed by atoms with E-state index in [2.05, 4.69) is 6.07 Å². The minimum atomic E-state index is -0.472. The molecule has 2 aromatic heterocycles. The van der Waals surface area contributed by atoms with Gasteiger partial charge in [0.25, 0.3) is 0 Å². The highest BCUT2D eigenvalue weighted by molar-refractivity contribution is 7.99. The Morgan fingerprint density at radius 2 is 1.65 bits per heavy atom. The fourth-order valence-corrected chi connectivity index (χ4v) is 5.14. The van der Waals surface area contributed by atoms with Gasteiger partial charge in [-0.25, -0.2) is 4.98 Å². The molecule has 0 bridgehead atoms. The number of hydrogen-bond acceptors (Lipinski definition) is 6. The first-order chi connectivity index (χ1) is 16.7. The molecule has 174 valence electrons. The quantitative estimate of drug-likeness (QED) is 0.197. The van der Waals surface area contributed by atoms with E-state index >= 15 is 0 Å². The van der Waals surface area contributed by atoms with E-state index in [0.29, 0.717) is 23.0 Å². The number of benzene rings is 2. The number of carbonyl (C=O) groups excluding carboxylic acids is 2. The highest BCUT2D eigenvalue weighted by Gasteiger charge is 2.19. The topological polar surface area (TPSA) is 73.6 Å². The number of imidazole rings is 1. The van der Waals surface area contributed by atoms with Crippen LogP contribution < -0.4 is 4.74 Å². The first-order valence-electron chi connectivity index (χ1n) is 11.4. The summed E-state index contributed by atoms with van der Waals surface area (Å²) in [7, 11) is 1.68. The summed E-state index contributed by atoms with van der Waals surface area (Å²) >= 11 is 1.89. The predicted molar refractivity (Wildman–Crippen MR) is 135 cm³/mol. The zero-order valence-electron chi connectivity index (χ0n) is 19.1. The van der Waals surface area contributed by atoms with E-state index in [0.717, 1.165) is 21.9 Å². The van der Waals surface area contributed by atoms with Gasteiger partial charge < -0.3 is 4.74 Å². The van der Waals surface area contributed by atoms with Gasteiger partial charge in [-0.3, -0.25) is 9.59 Å². The molecular weight excluding hydrogens is 446 g/mol. The number of thioether (sulfide) groups is 1. The molecule has 34 heavy (non-hydrogen) atoms. The lowest BCUT2D eigenvalue weighted by atomic mass is 10.0. The largest absolute Gasteiger partial charge is 0.479 e. The number of hydrogen-bond donors (Lipinski definition) is 0. The van der Waals surface area contributed by atoms with Crippen molar-refractivity contribution in [3.63, 3.8) is 0 Å². The molecule has 0 N–H and O–H groups in total. The second-order valence-electron chi connectivity index (χ2n) is 8.00. The maximum Gasteiger partial charge on any atom is 0.243 e. The van der Waals surface area contributed by atoms with Crippen LogP contribution in [0.1, 0.15) is 42.5 Å². The average molecular weight is 474 g/mol. The molecule has 0 spiro atoms. The molecule has 1 aliphatic rings. The summed E-state index contributed by atoms with van der Waals surface area (Å²) in [5.41, 5.74) is 3.14. The smallest absolute Gasteiger partial charge is 0.243 e. The fraction of sp³-hybridized carbons (Fsp3) is 0.259. The Balaban J connectivity index is 0.000000231. The maximum absolute atomic E-state index is 10.6. The van der Waals surface area contributed by atoms with Crippen LogP contribution >= 0.6 is 11.8 Å². The van der Waals surface area contributed by atoms with Gasteiger partial charge in [-0.2, -0.15) is 9.61 Å². The maximum atomic E-state index is 10.6. The highest BCUT2D eigenvalue weighted by atomic mass is 32.2. The third-order valence-electron chi connectivity index (χ3n) is 5.66. The monoisotopic (exact) mass is 473 g/mol. The molecule has 7 heteroatoms. The molecular formula is C27H27N3O3S. The van der Waals surface area contributed by atoms with E-state index in [9.17, 15) is 9.59 Å². The van der Waals surface area contributed by atoms with Gasteiger partial charge in [0.1, 0.15) is 10.7 Å². The summed E-state index contributed by atoms with van der Waals surface area (Å²) in [6.07, 6.45) is 6.95. The van der Waals surface area contributed by atoms with Crippen LogP contribution in [0.2, 0.25) is 0 Å². The number of Topliss-reactive ketones (excluding diaryl/α,β-unsaturated/α-hetero) is 1. The van der Waals surface area contributed by atoms with Crippen LogP contribution in [0.15, 0.2) is 77.8 Å². The second-order valence-corrected chi connectivity index (χ2v) is 9.32. The van der Waals surface area contributed by atoms with E-state index in [1.165, 1.54) is 32.1 Å². The number of rotatable bonds is 6. The molecule has 1 fully saturated rings. The first kappa shape index (κ1) is 23.7. The summed E-state index contributed by atoms with van der Waals surface area (Å²) in [6, 6.07) is 22.7. The lowest BCUT2D eigenvalue weighted by Gasteiger charge is -2.20. The molecule has 6 nitrogen and oxygen atoms in total. The van der Waals surface area contributed by atoms with Crippen LogP contribution in [0.25, 0.3) is 16.9 Å². The number of ketones is 1. The Bertz CT molecular complexity index is 1240. The number of methoxy groups -OCH3 is 1. The Hall–Kier alpha value is -3.45. The lowest BCUT2D eigenvalue weighted by Crippen LogP contribution is -2.08. The van der Waals surface area contributed by atoms with Gasteiger partial charge in [0.2, 0.25) is 11.7 Å². The van der Waals surface area contributed by atoms with Crippen LogP contribution in [0, 0.1) is 0 Å². The molecule has 2 heterocycles. The van der Waals surface area contributed by atoms with Crippen molar-refractivity contribution in [3.8, 4) is 17.1 Å². The summed E-state index contributed by atoms with van der Waals surface area (Å²) in [5.74, 6) is 0.225. The number of carbonyl (C=O) groups is 2. The van der Waals surface area contributed by atoms with Gasteiger partial charge in [-0.1, -0.05) is 79.9 Å². The van der Waals surface area contributed by atoms with Crippen molar-refractivity contribution in [2.45, 2.75) is 42.4 Å². The van der Waals surface area contributed by atoms with Gasteiger partial charge >= 0.3 is 0 Å². The zero-order valence-corrected chi connectivity index (χ0v) is 19.9. The van der Waals surface area contributed by atoms with Crippen LogP contribution in [0.4, 0.5) is 0 Å². The van der Waals surface area contributed by atoms with E-state index in [4.69, 9.17) is 14.8 Å². The summed E-state index contributed by atoms with van der Waals surface area (Å²) in [6.45, 7) is 0. The van der Waals surface area contributed by atoms with Gasteiger partial charge in [0, 0.05) is 16.4 Å². The predicted octanol–water partition coefficient (Wildman–Crippen LogP) is 5.90. The zero-order chi connectivity index (χ0) is 23.8. The van der Waals surface area contributed by atoms with E-state index in [-0.39, 0.29) is 0 Å². The van der Waals surface area contributed by atoms with Crippen LogP contribution in [0.3, 0.4) is 0 Å². The minimum Gasteiger partial charge on any atom is -0.479 e. The van der Waals surface area contributed by atoms with Crippen molar-refractivity contribution in [3.05, 3.63) is 78.4 Å². The molecule has 4 aromatic rings. The number of nitrogens with zero attached hydrogens (tertiary/aromatic N) is 3. The molecule has 0 aliphatic heterocycles. The minimum absolute atomic E-state index is 0.315. The van der Waals surface area contributed by atoms with Crippen LogP contribution in [-0.4, -0.2) is 39.0 Å². The molecule has 0 unspecified atom stereocenters. The van der Waals surface area contributed by atoms with Crippen LogP contribution in [-0.2, 0) is 4.79 Å². The normalized spacial score (nSPS) is 13.7. The Morgan fingerprint density at radius 3 is 2.29 bits per heavy atom. The third kappa shape index (κ3) is 5.72. The molecule has 0 radical (unpaired) electrons. The standard InChI is InChI=1S/C19H21N3OS.C8H6O2/c1-23-19-18(14-8-4-2-5-9-14)20-16-12-13-17(21-22(16)19)24-15-10-6-3-7-11-15;9-6-8(10)7-4-2-1-3-5-7/h2,4-5,8-9,12-13,15H,3,6-7,10-11H2,1H3;1-6H. The average Bonchev–Trinajstić information content (AvgIpc) is 3.28. The number of aldehydes is 1. The molecule has 0 saturated heterocycles. The third-order valence-corrected chi connectivity index (χ3v) is 6.92. The Kier molecular flexibility index (Phi) is 8.09. The van der Waals surface area contributed by atoms with Crippen LogP contribution in [0.5, 0.6) is 5.88 Å². The number of fused-ring (bicyclic) bond motifs is 1. The van der Waals surface area contributed by atoms with Gasteiger partial charge in [0.15, 0.2) is 11.9 Å². The van der Waals surface area contributed by atoms with Crippen molar-refractivity contribution in [1.29, 1.82) is 0 Å². The van der Waals surface area contributed by atoms with Gasteiger partial charge in [-0.05, 0) is 25.0 Å². The van der Waals surface area contributed by atoms with Gasteiger partial charge in [0.05, 0.1) is 7.11 Å². The molecule has 1 saturated carbocycles. The van der Waals surface area contributed by atoms with E-state index in [1.807, 2.05) is 52.7 Å². The molecule has 1 aliphatic carbocycles. The first-order valence-corrected chi connectivity index (χ1v) is 12.3. The van der Waals surface area contributed by atoms with Gasteiger partial charge in [-0.15, -0.1) is 11.8 Å². The summed E-state index contributed by atoms with van der Waals surface area (Å²) in [5, 5.41) is 6.51. The van der Waals surface area contributed by atoms with E-state index in [1.54, 1.807) is 37.4 Å². The van der Waals surface area contributed by atoms with Crippen molar-refractivity contribution in [2.24, 2.45) is 0 Å². The SMILES string of the molecule is COc1c(-c2ccccc2)nc2ccc(SC3CCCCC3)nn12.O=CC(=O)c1ccccc1. The fourth-order valence-electron chi connectivity index (χ4n) is 3.95.